The summed E-state index contributed by atoms with van der Waals surface area (Å²) in [6.07, 6.45) is 1.02. The second kappa shape index (κ2) is 9.00. The van der Waals surface area contributed by atoms with Crippen LogP contribution in [0.5, 0.6) is 23.0 Å². The molecule has 0 spiro atoms. The number of ether oxygens (including phenoxy) is 4. The van der Waals surface area contributed by atoms with Gasteiger partial charge in [-0.3, -0.25) is 0 Å². The monoisotopic (exact) mass is 372 g/mol. The van der Waals surface area contributed by atoms with Crippen molar-refractivity contribution in [1.29, 1.82) is 0 Å². The van der Waals surface area contributed by atoms with Gasteiger partial charge in [0.25, 0.3) is 0 Å². The van der Waals surface area contributed by atoms with Gasteiger partial charge in [0.2, 0.25) is 0 Å². The first-order valence-electron chi connectivity index (χ1n) is 9.78. The van der Waals surface area contributed by atoms with E-state index in [4.69, 9.17) is 18.9 Å². The van der Waals surface area contributed by atoms with Crippen molar-refractivity contribution in [2.75, 3.05) is 33.5 Å². The topological polar surface area (TPSA) is 53.5 Å². The summed E-state index contributed by atoms with van der Waals surface area (Å²) in [6.45, 7) is 8.87. The molecule has 2 aromatic rings. The van der Waals surface area contributed by atoms with Crippen LogP contribution in [0.25, 0.3) is 0 Å². The second-order valence-electron chi connectivity index (χ2n) is 6.46. The first-order valence-corrected chi connectivity index (χ1v) is 9.78. The molecule has 0 radical (unpaired) electrons. The molecule has 2 N–H and O–H groups in total. The number of methoxy groups -OCH3 is 1. The summed E-state index contributed by atoms with van der Waals surface area (Å²) in [5.41, 5.74) is 3.80. The fourth-order valence-electron chi connectivity index (χ4n) is 3.66. The van der Waals surface area contributed by atoms with E-state index in [9.17, 15) is 0 Å². The molecular formula is C22H30NO4+. The van der Waals surface area contributed by atoms with Crippen LogP contribution in [0.2, 0.25) is 0 Å². The van der Waals surface area contributed by atoms with Crippen molar-refractivity contribution >= 4 is 0 Å². The zero-order chi connectivity index (χ0) is 19.2. The number of hydrogen-bond acceptors (Lipinski definition) is 4. The molecule has 1 heterocycles. The number of fused-ring (bicyclic) bond motifs is 1. The highest BCUT2D eigenvalue weighted by Crippen LogP contribution is 2.38. The molecule has 1 atom stereocenters. The van der Waals surface area contributed by atoms with Gasteiger partial charge in [0.1, 0.15) is 6.04 Å². The molecule has 27 heavy (non-hydrogen) atoms. The van der Waals surface area contributed by atoms with Gasteiger partial charge >= 0.3 is 0 Å². The van der Waals surface area contributed by atoms with Crippen LogP contribution in [-0.4, -0.2) is 33.5 Å². The van der Waals surface area contributed by atoms with Crippen LogP contribution >= 0.6 is 0 Å². The van der Waals surface area contributed by atoms with Crippen LogP contribution < -0.4 is 24.3 Å². The van der Waals surface area contributed by atoms with E-state index in [1.54, 1.807) is 7.11 Å². The average Bonchev–Trinajstić information content (AvgIpc) is 2.69. The minimum Gasteiger partial charge on any atom is -0.493 e. The largest absolute Gasteiger partial charge is 0.493 e. The van der Waals surface area contributed by atoms with Crippen molar-refractivity contribution in [2.45, 2.75) is 33.2 Å². The summed E-state index contributed by atoms with van der Waals surface area (Å²) in [4.78, 5) is 0. The quantitative estimate of drug-likeness (QED) is 0.774. The Morgan fingerprint density at radius 3 is 2.19 bits per heavy atom. The Balaban J connectivity index is 2.01. The van der Waals surface area contributed by atoms with Gasteiger partial charge in [-0.2, -0.15) is 0 Å². The van der Waals surface area contributed by atoms with Crippen LogP contribution in [-0.2, 0) is 6.42 Å². The predicted molar refractivity (Wildman–Crippen MR) is 105 cm³/mol. The van der Waals surface area contributed by atoms with Gasteiger partial charge in [-0.1, -0.05) is 0 Å². The normalized spacial score (nSPS) is 15.8. The molecule has 146 valence electrons. The molecule has 0 unspecified atom stereocenters. The lowest BCUT2D eigenvalue weighted by Gasteiger charge is -2.26. The van der Waals surface area contributed by atoms with Crippen LogP contribution in [0, 0.1) is 0 Å². The van der Waals surface area contributed by atoms with E-state index in [0.717, 1.165) is 36.0 Å². The van der Waals surface area contributed by atoms with Gasteiger partial charge < -0.3 is 24.3 Å². The van der Waals surface area contributed by atoms with Crippen molar-refractivity contribution in [3.8, 4) is 23.0 Å². The molecule has 0 amide bonds. The lowest BCUT2D eigenvalue weighted by molar-refractivity contribution is -0.690. The summed E-state index contributed by atoms with van der Waals surface area (Å²) >= 11 is 0. The maximum absolute atomic E-state index is 5.85. The molecule has 0 aromatic heterocycles. The molecule has 0 aliphatic carbocycles. The molecule has 5 heteroatoms. The van der Waals surface area contributed by atoms with Crippen LogP contribution in [0.3, 0.4) is 0 Å². The zero-order valence-corrected chi connectivity index (χ0v) is 16.7. The highest BCUT2D eigenvalue weighted by atomic mass is 16.5. The molecule has 0 fully saturated rings. The third kappa shape index (κ3) is 4.14. The Morgan fingerprint density at radius 2 is 1.52 bits per heavy atom. The summed E-state index contributed by atoms with van der Waals surface area (Å²) in [5.74, 6) is 3.20. The van der Waals surface area contributed by atoms with Crippen molar-refractivity contribution < 1.29 is 24.3 Å². The van der Waals surface area contributed by atoms with Gasteiger partial charge in [0.15, 0.2) is 23.0 Å². The first-order chi connectivity index (χ1) is 13.2. The van der Waals surface area contributed by atoms with E-state index in [-0.39, 0.29) is 6.04 Å². The summed E-state index contributed by atoms with van der Waals surface area (Å²) in [6, 6.07) is 10.7. The number of nitrogens with two attached hydrogens (primary N) is 1. The Morgan fingerprint density at radius 1 is 0.852 bits per heavy atom. The average molecular weight is 372 g/mol. The van der Waals surface area contributed by atoms with Crippen LogP contribution in [0.15, 0.2) is 30.3 Å². The first kappa shape index (κ1) is 19.4. The van der Waals surface area contributed by atoms with Crippen LogP contribution in [0.4, 0.5) is 0 Å². The van der Waals surface area contributed by atoms with E-state index in [0.29, 0.717) is 19.8 Å². The maximum Gasteiger partial charge on any atom is 0.161 e. The van der Waals surface area contributed by atoms with E-state index in [2.05, 4.69) is 29.6 Å². The van der Waals surface area contributed by atoms with Crippen molar-refractivity contribution in [2.24, 2.45) is 0 Å². The Hall–Kier alpha value is -2.40. The fourth-order valence-corrected chi connectivity index (χ4v) is 3.66. The molecular weight excluding hydrogens is 342 g/mol. The highest BCUT2D eigenvalue weighted by molar-refractivity contribution is 5.52. The molecule has 3 rings (SSSR count). The Kier molecular flexibility index (Phi) is 6.45. The number of benzene rings is 2. The predicted octanol–water partition coefficient (Wildman–Crippen LogP) is 3.10. The number of quaternary nitrogens is 1. The highest BCUT2D eigenvalue weighted by Gasteiger charge is 2.28. The van der Waals surface area contributed by atoms with Crippen molar-refractivity contribution in [1.82, 2.24) is 0 Å². The van der Waals surface area contributed by atoms with E-state index >= 15 is 0 Å². The standard InChI is InChI=1S/C22H29NO4/c1-5-25-18-9-8-16(13-19(18)24-4)22-17-14-21(27-7-3)20(26-6-2)12-15(17)10-11-23-22/h8-9,12-14,22-23H,5-7,10-11H2,1-4H3/p+1/t22-/m1/s1. The molecule has 0 saturated carbocycles. The minimum absolute atomic E-state index is 0.202. The fraction of sp³-hybridized carbons (Fsp3) is 0.455. The summed E-state index contributed by atoms with van der Waals surface area (Å²) in [7, 11) is 1.68. The van der Waals surface area contributed by atoms with E-state index in [1.807, 2.05) is 26.8 Å². The van der Waals surface area contributed by atoms with Gasteiger partial charge in [-0.05, 0) is 56.7 Å². The van der Waals surface area contributed by atoms with Crippen molar-refractivity contribution in [3.63, 3.8) is 0 Å². The summed E-state index contributed by atoms with van der Waals surface area (Å²) in [5, 5.41) is 2.37. The lowest BCUT2D eigenvalue weighted by Crippen LogP contribution is -2.87. The van der Waals surface area contributed by atoms with Gasteiger partial charge in [-0.15, -0.1) is 0 Å². The maximum atomic E-state index is 5.85. The molecule has 0 bridgehead atoms. The van der Waals surface area contributed by atoms with Gasteiger partial charge in [-0.25, -0.2) is 0 Å². The molecule has 1 aliphatic heterocycles. The molecule has 1 aliphatic rings. The number of hydrogen-bond donors (Lipinski definition) is 1. The van der Waals surface area contributed by atoms with Gasteiger partial charge in [0, 0.05) is 17.5 Å². The lowest BCUT2D eigenvalue weighted by atomic mass is 9.89. The molecule has 0 saturated heterocycles. The third-order valence-electron chi connectivity index (χ3n) is 4.80. The Labute approximate surface area is 161 Å². The number of rotatable bonds is 8. The smallest absolute Gasteiger partial charge is 0.161 e. The SMILES string of the molecule is CCOc1ccc([C@H]2[NH2+]CCc3cc(OCC)c(OCC)cc32)cc1OC. The zero-order valence-electron chi connectivity index (χ0n) is 16.7. The second-order valence-corrected chi connectivity index (χ2v) is 6.46. The van der Waals surface area contributed by atoms with E-state index < -0.39 is 0 Å². The van der Waals surface area contributed by atoms with Crippen LogP contribution in [0.1, 0.15) is 43.5 Å². The molecule has 5 nitrogen and oxygen atoms in total. The summed E-state index contributed by atoms with van der Waals surface area (Å²) < 4.78 is 22.9. The minimum atomic E-state index is 0.202. The molecule has 2 aromatic carbocycles. The Bertz CT molecular complexity index is 775. The van der Waals surface area contributed by atoms with Crippen molar-refractivity contribution in [3.05, 3.63) is 47.0 Å². The third-order valence-corrected chi connectivity index (χ3v) is 4.80. The van der Waals surface area contributed by atoms with Gasteiger partial charge in [0.05, 0.1) is 33.5 Å². The van der Waals surface area contributed by atoms with E-state index in [1.165, 1.54) is 16.7 Å².